The van der Waals surface area contributed by atoms with Crippen molar-refractivity contribution in [3.8, 4) is 0 Å². The van der Waals surface area contributed by atoms with Gasteiger partial charge in [0.2, 0.25) is 0 Å². The normalized spacial score (nSPS) is 12.6. The monoisotopic (exact) mass is 285 g/mol. The van der Waals surface area contributed by atoms with Crippen molar-refractivity contribution in [1.29, 1.82) is 0 Å². The molecule has 0 aliphatic carbocycles. The first kappa shape index (κ1) is 15.8. The molecule has 2 aromatic rings. The summed E-state index contributed by atoms with van der Waals surface area (Å²) in [7, 11) is 0. The topological polar surface area (TPSA) is 29.9 Å². The second kappa shape index (κ2) is 7.41. The summed E-state index contributed by atoms with van der Waals surface area (Å²) in [4.78, 5) is 0. The Morgan fingerprint density at radius 2 is 2.00 bits per heavy atom. The Labute approximate surface area is 128 Å². The van der Waals surface area contributed by atoms with Gasteiger partial charge in [-0.25, -0.2) is 0 Å². The van der Waals surface area contributed by atoms with Gasteiger partial charge >= 0.3 is 0 Å². The number of nitrogens with zero attached hydrogens (tertiary/aromatic N) is 2. The summed E-state index contributed by atoms with van der Waals surface area (Å²) in [6.45, 7) is 10.6. The molecule has 1 N–H and O–H groups in total. The van der Waals surface area contributed by atoms with E-state index < -0.39 is 0 Å². The molecule has 0 aliphatic rings. The minimum atomic E-state index is 0.336. The van der Waals surface area contributed by atoms with Crippen LogP contribution in [0.2, 0.25) is 0 Å². The molecule has 0 bridgehead atoms. The zero-order chi connectivity index (χ0) is 15.2. The zero-order valence-corrected chi connectivity index (χ0v) is 13.7. The molecule has 1 heterocycles. The van der Waals surface area contributed by atoms with Gasteiger partial charge in [-0.15, -0.1) is 0 Å². The number of hydrogen-bond donors (Lipinski definition) is 1. The number of benzene rings is 1. The Hall–Kier alpha value is -1.61. The molecule has 114 valence electrons. The van der Waals surface area contributed by atoms with Crippen LogP contribution in [0.25, 0.3) is 0 Å². The first-order chi connectivity index (χ1) is 10.1. The van der Waals surface area contributed by atoms with Crippen molar-refractivity contribution in [2.24, 2.45) is 0 Å². The van der Waals surface area contributed by atoms with E-state index in [4.69, 9.17) is 0 Å². The van der Waals surface area contributed by atoms with E-state index in [2.05, 4.69) is 62.5 Å². The van der Waals surface area contributed by atoms with Gasteiger partial charge in [0.15, 0.2) is 0 Å². The molecule has 0 amide bonds. The molecule has 1 aromatic heterocycles. The smallest absolute Gasteiger partial charge is 0.0537 e. The van der Waals surface area contributed by atoms with Crippen molar-refractivity contribution in [2.75, 3.05) is 6.54 Å². The van der Waals surface area contributed by atoms with Crippen LogP contribution in [0.4, 0.5) is 0 Å². The molecule has 1 atom stereocenters. The third-order valence-corrected chi connectivity index (χ3v) is 3.97. The second-order valence-electron chi connectivity index (χ2n) is 5.77. The van der Waals surface area contributed by atoms with Crippen LogP contribution in [0.1, 0.15) is 48.6 Å². The van der Waals surface area contributed by atoms with Crippen LogP contribution in [0.5, 0.6) is 0 Å². The fraction of sp³-hybridized carbons (Fsp3) is 0.500. The van der Waals surface area contributed by atoms with E-state index in [1.165, 1.54) is 22.3 Å². The molecule has 2 rings (SSSR count). The van der Waals surface area contributed by atoms with Gasteiger partial charge in [0.05, 0.1) is 6.20 Å². The maximum atomic E-state index is 4.46. The van der Waals surface area contributed by atoms with Gasteiger partial charge in [0, 0.05) is 24.3 Å². The maximum Gasteiger partial charge on any atom is 0.0537 e. The highest BCUT2D eigenvalue weighted by atomic mass is 15.3. The zero-order valence-electron chi connectivity index (χ0n) is 13.7. The standard InChI is InChI=1S/C18H27N3/c1-5-9-21-13-17(12-20-21)18(19-6-2)11-16-8-7-14(3)15(4)10-16/h7-8,10,12-13,18-19H,5-6,9,11H2,1-4H3. The maximum absolute atomic E-state index is 4.46. The van der Waals surface area contributed by atoms with E-state index >= 15 is 0 Å². The Kier molecular flexibility index (Phi) is 5.57. The third-order valence-electron chi connectivity index (χ3n) is 3.97. The average molecular weight is 285 g/mol. The van der Waals surface area contributed by atoms with Gasteiger partial charge in [-0.05, 0) is 49.9 Å². The summed E-state index contributed by atoms with van der Waals surface area (Å²) < 4.78 is 2.04. The van der Waals surface area contributed by atoms with Crippen LogP contribution < -0.4 is 5.32 Å². The van der Waals surface area contributed by atoms with E-state index in [0.29, 0.717) is 6.04 Å². The van der Waals surface area contributed by atoms with Crippen molar-refractivity contribution in [3.63, 3.8) is 0 Å². The first-order valence-corrected chi connectivity index (χ1v) is 7.95. The number of aromatic nitrogens is 2. The number of likely N-dealkylation sites (N-methyl/N-ethyl adjacent to an activating group) is 1. The minimum Gasteiger partial charge on any atom is -0.310 e. The molecule has 3 nitrogen and oxygen atoms in total. The van der Waals surface area contributed by atoms with Crippen LogP contribution in [0, 0.1) is 13.8 Å². The lowest BCUT2D eigenvalue weighted by atomic mass is 9.98. The van der Waals surface area contributed by atoms with Gasteiger partial charge < -0.3 is 5.32 Å². The summed E-state index contributed by atoms with van der Waals surface area (Å²) in [5.74, 6) is 0. The lowest BCUT2D eigenvalue weighted by Gasteiger charge is -2.17. The van der Waals surface area contributed by atoms with Crippen LogP contribution >= 0.6 is 0 Å². The van der Waals surface area contributed by atoms with E-state index in [-0.39, 0.29) is 0 Å². The van der Waals surface area contributed by atoms with Crippen molar-refractivity contribution in [1.82, 2.24) is 15.1 Å². The van der Waals surface area contributed by atoms with Gasteiger partial charge in [-0.1, -0.05) is 32.0 Å². The molecule has 0 aliphatic heterocycles. The van der Waals surface area contributed by atoms with Crippen LogP contribution in [-0.2, 0) is 13.0 Å². The molecule has 0 saturated heterocycles. The molecular formula is C18H27N3. The molecular weight excluding hydrogens is 258 g/mol. The van der Waals surface area contributed by atoms with Crippen molar-refractivity contribution >= 4 is 0 Å². The molecule has 0 radical (unpaired) electrons. The third kappa shape index (κ3) is 4.18. The van der Waals surface area contributed by atoms with Crippen molar-refractivity contribution in [2.45, 2.75) is 53.1 Å². The Morgan fingerprint density at radius 3 is 2.67 bits per heavy atom. The first-order valence-electron chi connectivity index (χ1n) is 7.95. The summed E-state index contributed by atoms with van der Waals surface area (Å²) in [5.41, 5.74) is 5.38. The quantitative estimate of drug-likeness (QED) is 0.838. The number of hydrogen-bond acceptors (Lipinski definition) is 2. The number of aryl methyl sites for hydroxylation is 3. The Balaban J connectivity index is 2.15. The highest BCUT2D eigenvalue weighted by Crippen LogP contribution is 2.20. The Bertz CT molecular complexity index is 572. The summed E-state index contributed by atoms with van der Waals surface area (Å²) >= 11 is 0. The van der Waals surface area contributed by atoms with E-state index in [0.717, 1.165) is 25.9 Å². The molecule has 0 saturated carbocycles. The molecule has 3 heteroatoms. The summed E-state index contributed by atoms with van der Waals surface area (Å²) in [5, 5.41) is 8.04. The van der Waals surface area contributed by atoms with Crippen LogP contribution in [-0.4, -0.2) is 16.3 Å². The number of rotatable bonds is 7. The summed E-state index contributed by atoms with van der Waals surface area (Å²) in [6, 6.07) is 7.09. The largest absolute Gasteiger partial charge is 0.310 e. The van der Waals surface area contributed by atoms with Crippen molar-refractivity contribution < 1.29 is 0 Å². The van der Waals surface area contributed by atoms with Crippen molar-refractivity contribution in [3.05, 3.63) is 52.8 Å². The molecule has 21 heavy (non-hydrogen) atoms. The fourth-order valence-electron chi connectivity index (χ4n) is 2.63. The van der Waals surface area contributed by atoms with Crippen LogP contribution in [0.3, 0.4) is 0 Å². The average Bonchev–Trinajstić information content (AvgIpc) is 2.91. The lowest BCUT2D eigenvalue weighted by molar-refractivity contribution is 0.546. The lowest BCUT2D eigenvalue weighted by Crippen LogP contribution is -2.22. The molecule has 0 spiro atoms. The molecule has 0 fully saturated rings. The van der Waals surface area contributed by atoms with Crippen LogP contribution in [0.15, 0.2) is 30.6 Å². The fourth-order valence-corrected chi connectivity index (χ4v) is 2.63. The summed E-state index contributed by atoms with van der Waals surface area (Å²) in [6.07, 6.45) is 6.30. The highest BCUT2D eigenvalue weighted by molar-refractivity contribution is 5.31. The number of nitrogens with one attached hydrogen (secondary N) is 1. The SMILES string of the molecule is CCCn1cc(C(Cc2ccc(C)c(C)c2)NCC)cn1. The van der Waals surface area contributed by atoms with Gasteiger partial charge in [-0.3, -0.25) is 4.68 Å². The van der Waals surface area contributed by atoms with Gasteiger partial charge in [0.25, 0.3) is 0 Å². The van der Waals surface area contributed by atoms with Gasteiger partial charge in [-0.2, -0.15) is 5.10 Å². The van der Waals surface area contributed by atoms with E-state index in [1.54, 1.807) is 0 Å². The minimum absolute atomic E-state index is 0.336. The van der Waals surface area contributed by atoms with E-state index in [1.807, 2.05) is 10.9 Å². The molecule has 1 aromatic carbocycles. The molecule has 1 unspecified atom stereocenters. The Morgan fingerprint density at radius 1 is 1.19 bits per heavy atom. The highest BCUT2D eigenvalue weighted by Gasteiger charge is 2.13. The van der Waals surface area contributed by atoms with Gasteiger partial charge in [0.1, 0.15) is 0 Å². The van der Waals surface area contributed by atoms with E-state index in [9.17, 15) is 0 Å². The predicted molar refractivity (Wildman–Crippen MR) is 88.6 cm³/mol. The second-order valence-corrected chi connectivity index (χ2v) is 5.77. The predicted octanol–water partition coefficient (Wildman–Crippen LogP) is 3.80.